The fraction of sp³-hybridized carbons (Fsp3) is 0.308. The molecule has 0 fully saturated rings. The van der Waals surface area contributed by atoms with Gasteiger partial charge in [-0.15, -0.1) is 22.7 Å². The molecule has 0 saturated carbocycles. The predicted octanol–water partition coefficient (Wildman–Crippen LogP) is 3.61. The van der Waals surface area contributed by atoms with Crippen LogP contribution in [0.1, 0.15) is 29.6 Å². The minimum absolute atomic E-state index is 0.0521. The molecule has 0 radical (unpaired) electrons. The third-order valence-electron chi connectivity index (χ3n) is 2.35. The van der Waals surface area contributed by atoms with Gasteiger partial charge in [0.2, 0.25) is 0 Å². The molecular weight excluding hydrogens is 264 g/mol. The molecule has 2 amide bonds. The summed E-state index contributed by atoms with van der Waals surface area (Å²) in [7, 11) is 0. The van der Waals surface area contributed by atoms with Crippen LogP contribution in [0.3, 0.4) is 0 Å². The van der Waals surface area contributed by atoms with Gasteiger partial charge in [0, 0.05) is 15.8 Å². The Labute approximate surface area is 115 Å². The third kappa shape index (κ3) is 3.34. The maximum absolute atomic E-state index is 11.8. The van der Waals surface area contributed by atoms with Crippen LogP contribution in [-0.2, 0) is 0 Å². The zero-order valence-electron chi connectivity index (χ0n) is 10.3. The largest absolute Gasteiger partial charge is 0.336 e. The lowest BCUT2D eigenvalue weighted by molar-refractivity contribution is 0.236. The molecule has 3 nitrogen and oxygen atoms in total. The Hall–Kier alpha value is -1.33. The molecule has 0 aliphatic carbocycles. The van der Waals surface area contributed by atoms with Crippen LogP contribution in [0, 0.1) is 0 Å². The van der Waals surface area contributed by atoms with Crippen LogP contribution in [0.15, 0.2) is 35.0 Å². The first-order valence-corrected chi connectivity index (χ1v) is 7.56. The first-order valence-electron chi connectivity index (χ1n) is 5.80. The number of carbonyl (C=O) groups excluding carboxylic acids is 1. The zero-order valence-corrected chi connectivity index (χ0v) is 12.0. The highest BCUT2D eigenvalue weighted by atomic mass is 32.1. The molecule has 2 aromatic rings. The van der Waals surface area contributed by atoms with Gasteiger partial charge in [-0.25, -0.2) is 4.79 Å². The van der Waals surface area contributed by atoms with Crippen LogP contribution >= 0.6 is 22.7 Å². The van der Waals surface area contributed by atoms with E-state index in [2.05, 4.69) is 10.6 Å². The number of amides is 2. The molecule has 2 aromatic heterocycles. The zero-order chi connectivity index (χ0) is 13.0. The summed E-state index contributed by atoms with van der Waals surface area (Å²) in [6, 6.07) is 8.05. The molecule has 2 heterocycles. The normalized spacial score (nSPS) is 10.9. The minimum Gasteiger partial charge on any atom is -0.336 e. The van der Waals surface area contributed by atoms with Gasteiger partial charge in [0.05, 0.1) is 6.04 Å². The summed E-state index contributed by atoms with van der Waals surface area (Å²) in [4.78, 5) is 14.1. The van der Waals surface area contributed by atoms with E-state index in [-0.39, 0.29) is 18.1 Å². The van der Waals surface area contributed by atoms with E-state index in [1.807, 2.05) is 48.9 Å². The highest BCUT2D eigenvalue weighted by molar-refractivity contribution is 7.11. The maximum atomic E-state index is 11.8. The summed E-state index contributed by atoms with van der Waals surface area (Å²) >= 11 is 3.31. The predicted molar refractivity (Wildman–Crippen MR) is 77.3 cm³/mol. The van der Waals surface area contributed by atoms with Gasteiger partial charge in [0.1, 0.15) is 0 Å². The standard InChI is InChI=1S/C13H16N2OS2/c1-9(2)14-13(16)15-12(10-5-3-7-17-10)11-6-4-8-18-11/h3-9,12H,1-2H3,(H2,14,15,16). The second kappa shape index (κ2) is 6.02. The van der Waals surface area contributed by atoms with Crippen molar-refractivity contribution in [3.8, 4) is 0 Å². The summed E-state index contributed by atoms with van der Waals surface area (Å²) in [5.74, 6) is 0. The van der Waals surface area contributed by atoms with E-state index in [4.69, 9.17) is 0 Å². The number of nitrogens with one attached hydrogen (secondary N) is 2. The van der Waals surface area contributed by atoms with Crippen LogP contribution in [0.5, 0.6) is 0 Å². The fourth-order valence-electron chi connectivity index (χ4n) is 1.63. The Morgan fingerprint density at radius 2 is 1.61 bits per heavy atom. The Balaban J connectivity index is 2.14. The quantitative estimate of drug-likeness (QED) is 0.882. The number of urea groups is 1. The molecule has 18 heavy (non-hydrogen) atoms. The monoisotopic (exact) mass is 280 g/mol. The molecule has 2 N–H and O–H groups in total. The molecular formula is C13H16N2OS2. The van der Waals surface area contributed by atoms with Crippen molar-refractivity contribution in [3.05, 3.63) is 44.8 Å². The smallest absolute Gasteiger partial charge is 0.315 e. The van der Waals surface area contributed by atoms with Crippen molar-refractivity contribution in [2.24, 2.45) is 0 Å². The van der Waals surface area contributed by atoms with E-state index < -0.39 is 0 Å². The number of carbonyl (C=O) groups is 1. The minimum atomic E-state index is -0.128. The molecule has 0 atom stereocenters. The van der Waals surface area contributed by atoms with Crippen molar-refractivity contribution in [1.82, 2.24) is 10.6 Å². The van der Waals surface area contributed by atoms with Crippen molar-refractivity contribution in [2.75, 3.05) is 0 Å². The second-order valence-corrected chi connectivity index (χ2v) is 6.19. The van der Waals surface area contributed by atoms with Crippen LogP contribution in [-0.4, -0.2) is 12.1 Å². The van der Waals surface area contributed by atoms with E-state index >= 15 is 0 Å². The van der Waals surface area contributed by atoms with Gasteiger partial charge in [0.15, 0.2) is 0 Å². The van der Waals surface area contributed by atoms with Gasteiger partial charge < -0.3 is 10.6 Å². The van der Waals surface area contributed by atoms with Crippen molar-refractivity contribution < 1.29 is 4.79 Å². The van der Waals surface area contributed by atoms with Crippen LogP contribution < -0.4 is 10.6 Å². The van der Waals surface area contributed by atoms with Gasteiger partial charge in [-0.05, 0) is 36.7 Å². The van der Waals surface area contributed by atoms with Crippen molar-refractivity contribution in [1.29, 1.82) is 0 Å². The summed E-state index contributed by atoms with van der Waals surface area (Å²) in [6.07, 6.45) is 0. The Morgan fingerprint density at radius 3 is 2.00 bits per heavy atom. The Morgan fingerprint density at radius 1 is 1.06 bits per heavy atom. The van der Waals surface area contributed by atoms with Crippen LogP contribution in [0.25, 0.3) is 0 Å². The van der Waals surface area contributed by atoms with E-state index in [1.54, 1.807) is 22.7 Å². The van der Waals surface area contributed by atoms with E-state index in [1.165, 1.54) is 0 Å². The molecule has 0 aliphatic rings. The summed E-state index contributed by atoms with van der Waals surface area (Å²) in [5.41, 5.74) is 0. The molecule has 0 spiro atoms. The van der Waals surface area contributed by atoms with Crippen molar-refractivity contribution >= 4 is 28.7 Å². The van der Waals surface area contributed by atoms with Crippen LogP contribution in [0.4, 0.5) is 4.79 Å². The van der Waals surface area contributed by atoms with E-state index in [0.717, 1.165) is 9.75 Å². The van der Waals surface area contributed by atoms with Gasteiger partial charge in [0.25, 0.3) is 0 Å². The van der Waals surface area contributed by atoms with Gasteiger partial charge >= 0.3 is 6.03 Å². The topological polar surface area (TPSA) is 41.1 Å². The SMILES string of the molecule is CC(C)NC(=O)NC(c1cccs1)c1cccs1. The first kappa shape index (κ1) is 13.1. The number of hydrogen-bond donors (Lipinski definition) is 2. The third-order valence-corrected chi connectivity index (χ3v) is 4.22. The van der Waals surface area contributed by atoms with Gasteiger partial charge in [-0.1, -0.05) is 12.1 Å². The van der Waals surface area contributed by atoms with Gasteiger partial charge in [-0.3, -0.25) is 0 Å². The molecule has 96 valence electrons. The molecule has 2 rings (SSSR count). The van der Waals surface area contributed by atoms with Gasteiger partial charge in [-0.2, -0.15) is 0 Å². The highest BCUT2D eigenvalue weighted by Gasteiger charge is 2.18. The molecule has 0 aliphatic heterocycles. The number of thiophene rings is 2. The van der Waals surface area contributed by atoms with E-state index in [0.29, 0.717) is 0 Å². The highest BCUT2D eigenvalue weighted by Crippen LogP contribution is 2.28. The number of rotatable bonds is 4. The maximum Gasteiger partial charge on any atom is 0.315 e. The van der Waals surface area contributed by atoms with Crippen molar-refractivity contribution in [2.45, 2.75) is 25.9 Å². The van der Waals surface area contributed by atoms with E-state index in [9.17, 15) is 4.79 Å². The Kier molecular flexibility index (Phi) is 4.38. The number of hydrogen-bond acceptors (Lipinski definition) is 3. The average Bonchev–Trinajstić information content (AvgIpc) is 2.98. The molecule has 0 aromatic carbocycles. The fourth-order valence-corrected chi connectivity index (χ4v) is 3.29. The first-order chi connectivity index (χ1) is 8.66. The molecule has 0 unspecified atom stereocenters. The molecule has 0 bridgehead atoms. The summed E-state index contributed by atoms with van der Waals surface area (Å²) in [5, 5.41) is 9.93. The lowest BCUT2D eigenvalue weighted by Crippen LogP contribution is -2.41. The van der Waals surface area contributed by atoms with Crippen LogP contribution in [0.2, 0.25) is 0 Å². The summed E-state index contributed by atoms with van der Waals surface area (Å²) < 4.78 is 0. The molecule has 0 saturated heterocycles. The lowest BCUT2D eigenvalue weighted by Gasteiger charge is -2.18. The average molecular weight is 280 g/mol. The lowest BCUT2D eigenvalue weighted by atomic mass is 10.2. The van der Waals surface area contributed by atoms with Crippen molar-refractivity contribution in [3.63, 3.8) is 0 Å². The second-order valence-electron chi connectivity index (χ2n) is 4.24. The summed E-state index contributed by atoms with van der Waals surface area (Å²) in [6.45, 7) is 3.90. The molecule has 5 heteroatoms. The Bertz CT molecular complexity index is 443.